The quantitative estimate of drug-likeness (QED) is 0.855. The van der Waals surface area contributed by atoms with Crippen LogP contribution in [0.1, 0.15) is 24.2 Å². The molecule has 1 amide bonds. The number of nitrogens with two attached hydrogens (primary N) is 1. The topological polar surface area (TPSA) is 46.3 Å². The third-order valence-electron chi connectivity index (χ3n) is 2.28. The average Bonchev–Trinajstić information content (AvgIpc) is 2.24. The van der Waals surface area contributed by atoms with Crippen LogP contribution in [-0.2, 0) is 0 Å². The highest BCUT2D eigenvalue weighted by Crippen LogP contribution is 2.14. The summed E-state index contributed by atoms with van der Waals surface area (Å²) in [6, 6.07) is 6.87. The molecule has 1 rings (SSSR count). The molecule has 0 radical (unpaired) electrons. The van der Waals surface area contributed by atoms with Gasteiger partial charge in [0.15, 0.2) is 0 Å². The normalized spacial score (nSPS) is 10.4. The van der Waals surface area contributed by atoms with Gasteiger partial charge >= 0.3 is 0 Å². The Morgan fingerprint density at radius 2 is 2.18 bits per heavy atom. The van der Waals surface area contributed by atoms with Gasteiger partial charge in [-0.15, -0.1) is 0 Å². The van der Waals surface area contributed by atoms with Crippen LogP contribution in [0.2, 0.25) is 5.02 Å². The van der Waals surface area contributed by atoms with Crippen molar-refractivity contribution < 1.29 is 4.79 Å². The molecule has 1 aromatic carbocycles. The SMILES string of the molecule is CC(C)N(CC(N)=S)C(=O)c1cccc(Cl)c1. The molecule has 0 saturated carbocycles. The van der Waals surface area contributed by atoms with E-state index >= 15 is 0 Å². The maximum Gasteiger partial charge on any atom is 0.254 e. The third-order valence-corrected chi connectivity index (χ3v) is 2.65. The van der Waals surface area contributed by atoms with E-state index in [0.717, 1.165) is 0 Å². The number of carbonyl (C=O) groups is 1. The first-order valence-electron chi connectivity index (χ1n) is 5.26. The first-order chi connectivity index (χ1) is 7.91. The summed E-state index contributed by atoms with van der Waals surface area (Å²) in [4.78, 5) is 14.1. The van der Waals surface area contributed by atoms with Crippen LogP contribution in [0.15, 0.2) is 24.3 Å². The maximum atomic E-state index is 12.2. The van der Waals surface area contributed by atoms with Crippen LogP contribution in [0.3, 0.4) is 0 Å². The number of thiocarbonyl (C=S) groups is 1. The Hall–Kier alpha value is -1.13. The van der Waals surface area contributed by atoms with E-state index in [1.54, 1.807) is 29.2 Å². The van der Waals surface area contributed by atoms with Gasteiger partial charge < -0.3 is 10.6 Å². The van der Waals surface area contributed by atoms with Crippen LogP contribution < -0.4 is 5.73 Å². The van der Waals surface area contributed by atoms with Crippen molar-refractivity contribution in [3.05, 3.63) is 34.9 Å². The number of nitrogens with zero attached hydrogens (tertiary/aromatic N) is 1. The Labute approximate surface area is 112 Å². The van der Waals surface area contributed by atoms with E-state index in [1.165, 1.54) is 0 Å². The first kappa shape index (κ1) is 13.9. The Kier molecular flexibility index (Phi) is 4.90. The minimum absolute atomic E-state index is 0.0305. The summed E-state index contributed by atoms with van der Waals surface area (Å²) in [5.41, 5.74) is 6.03. The lowest BCUT2D eigenvalue weighted by atomic mass is 10.1. The van der Waals surface area contributed by atoms with E-state index in [1.807, 2.05) is 13.8 Å². The van der Waals surface area contributed by atoms with Gasteiger partial charge in [0.25, 0.3) is 5.91 Å². The van der Waals surface area contributed by atoms with E-state index in [4.69, 9.17) is 29.6 Å². The highest BCUT2D eigenvalue weighted by molar-refractivity contribution is 7.80. The van der Waals surface area contributed by atoms with Crippen LogP contribution >= 0.6 is 23.8 Å². The van der Waals surface area contributed by atoms with Gasteiger partial charge in [-0.2, -0.15) is 0 Å². The molecule has 0 unspecified atom stereocenters. The molecule has 1 aromatic rings. The fraction of sp³-hybridized carbons (Fsp3) is 0.333. The van der Waals surface area contributed by atoms with Crippen LogP contribution in [0.4, 0.5) is 0 Å². The summed E-state index contributed by atoms with van der Waals surface area (Å²) < 4.78 is 0. The van der Waals surface area contributed by atoms with Crippen LogP contribution in [0, 0.1) is 0 Å². The number of hydrogen-bond acceptors (Lipinski definition) is 2. The second-order valence-electron chi connectivity index (χ2n) is 4.00. The minimum Gasteiger partial charge on any atom is -0.392 e. The van der Waals surface area contributed by atoms with Crippen molar-refractivity contribution in [3.8, 4) is 0 Å². The van der Waals surface area contributed by atoms with Crippen molar-refractivity contribution in [2.24, 2.45) is 5.73 Å². The second-order valence-corrected chi connectivity index (χ2v) is 4.96. The molecule has 0 aromatic heterocycles. The smallest absolute Gasteiger partial charge is 0.254 e. The van der Waals surface area contributed by atoms with Crippen molar-refractivity contribution in [2.75, 3.05) is 6.54 Å². The lowest BCUT2D eigenvalue weighted by Crippen LogP contribution is -2.42. The predicted octanol–water partition coefficient (Wildman–Crippen LogP) is 2.48. The van der Waals surface area contributed by atoms with E-state index in [9.17, 15) is 4.79 Å². The summed E-state index contributed by atoms with van der Waals surface area (Å²) in [6.45, 7) is 4.11. The van der Waals surface area contributed by atoms with Gasteiger partial charge in [0.2, 0.25) is 0 Å². The van der Waals surface area contributed by atoms with Crippen LogP contribution in [0.25, 0.3) is 0 Å². The number of halogens is 1. The highest BCUT2D eigenvalue weighted by atomic mass is 35.5. The molecular weight excluding hydrogens is 256 g/mol. The molecule has 0 saturated heterocycles. The highest BCUT2D eigenvalue weighted by Gasteiger charge is 2.19. The largest absolute Gasteiger partial charge is 0.392 e. The molecule has 0 heterocycles. The van der Waals surface area contributed by atoms with E-state index < -0.39 is 0 Å². The lowest BCUT2D eigenvalue weighted by Gasteiger charge is -2.26. The zero-order valence-electron chi connectivity index (χ0n) is 9.81. The monoisotopic (exact) mass is 270 g/mol. The van der Waals surface area contributed by atoms with Gasteiger partial charge in [-0.05, 0) is 32.0 Å². The third kappa shape index (κ3) is 3.98. The van der Waals surface area contributed by atoms with E-state index in [-0.39, 0.29) is 18.5 Å². The van der Waals surface area contributed by atoms with Gasteiger partial charge in [-0.3, -0.25) is 4.79 Å². The molecule has 0 fully saturated rings. The van der Waals surface area contributed by atoms with Gasteiger partial charge in [0.1, 0.15) is 0 Å². The number of benzene rings is 1. The number of hydrogen-bond donors (Lipinski definition) is 1. The van der Waals surface area contributed by atoms with Gasteiger partial charge in [-0.1, -0.05) is 29.9 Å². The van der Waals surface area contributed by atoms with E-state index in [2.05, 4.69) is 0 Å². The molecule has 5 heteroatoms. The van der Waals surface area contributed by atoms with Gasteiger partial charge in [0, 0.05) is 16.6 Å². The molecule has 2 N–H and O–H groups in total. The molecule has 17 heavy (non-hydrogen) atoms. The predicted molar refractivity (Wildman–Crippen MR) is 74.4 cm³/mol. The molecular formula is C12H15ClN2OS. The van der Waals surface area contributed by atoms with Crippen molar-refractivity contribution in [1.82, 2.24) is 4.90 Å². The summed E-state index contributed by atoms with van der Waals surface area (Å²) in [6.07, 6.45) is 0. The molecule has 0 aliphatic rings. The average molecular weight is 271 g/mol. The van der Waals surface area contributed by atoms with Crippen molar-refractivity contribution >= 4 is 34.7 Å². The van der Waals surface area contributed by atoms with Crippen molar-refractivity contribution in [2.45, 2.75) is 19.9 Å². The molecule has 0 bridgehead atoms. The Bertz CT molecular complexity index is 434. The Balaban J connectivity index is 2.95. The molecule has 0 atom stereocenters. The lowest BCUT2D eigenvalue weighted by molar-refractivity contribution is 0.0736. The Morgan fingerprint density at radius 3 is 2.65 bits per heavy atom. The summed E-state index contributed by atoms with van der Waals surface area (Å²) in [5, 5.41) is 0.537. The molecule has 0 aliphatic heterocycles. The summed E-state index contributed by atoms with van der Waals surface area (Å²) >= 11 is 10.7. The summed E-state index contributed by atoms with van der Waals surface area (Å²) in [5.74, 6) is -0.115. The fourth-order valence-electron chi connectivity index (χ4n) is 1.44. The maximum absolute atomic E-state index is 12.2. The zero-order valence-corrected chi connectivity index (χ0v) is 11.4. The van der Waals surface area contributed by atoms with Crippen molar-refractivity contribution in [3.63, 3.8) is 0 Å². The standard InChI is InChI=1S/C12H15ClN2OS/c1-8(2)15(7-11(14)17)12(16)9-4-3-5-10(13)6-9/h3-6,8H,7H2,1-2H3,(H2,14,17). The molecule has 92 valence electrons. The number of carbonyl (C=O) groups excluding carboxylic acids is 1. The van der Waals surface area contributed by atoms with E-state index in [0.29, 0.717) is 15.6 Å². The molecule has 0 spiro atoms. The zero-order chi connectivity index (χ0) is 13.0. The number of rotatable bonds is 4. The van der Waals surface area contributed by atoms with Gasteiger partial charge in [0.05, 0.1) is 11.5 Å². The molecule has 0 aliphatic carbocycles. The minimum atomic E-state index is -0.115. The van der Waals surface area contributed by atoms with Gasteiger partial charge in [-0.25, -0.2) is 0 Å². The second kappa shape index (κ2) is 5.98. The van der Waals surface area contributed by atoms with Crippen LogP contribution in [-0.4, -0.2) is 28.4 Å². The van der Waals surface area contributed by atoms with Crippen molar-refractivity contribution in [1.29, 1.82) is 0 Å². The fourth-order valence-corrected chi connectivity index (χ4v) is 1.77. The number of amides is 1. The molecule has 3 nitrogen and oxygen atoms in total. The Morgan fingerprint density at radius 1 is 1.53 bits per heavy atom. The summed E-state index contributed by atoms with van der Waals surface area (Å²) in [7, 11) is 0. The van der Waals surface area contributed by atoms with Crippen LogP contribution in [0.5, 0.6) is 0 Å². The first-order valence-corrected chi connectivity index (χ1v) is 6.05.